The molecule has 14 heavy (non-hydrogen) atoms. The fourth-order valence-electron chi connectivity index (χ4n) is 2.12. The number of ether oxygens (including phenoxy) is 2. The van der Waals surface area contributed by atoms with Crippen molar-refractivity contribution in [1.82, 2.24) is 0 Å². The summed E-state index contributed by atoms with van der Waals surface area (Å²) in [4.78, 5) is 0. The largest absolute Gasteiger partial charge is 0.378 e. The van der Waals surface area contributed by atoms with E-state index in [0.29, 0.717) is 0 Å². The number of fused-ring (bicyclic) bond motifs is 1. The third-order valence-corrected chi connectivity index (χ3v) is 2.98. The first-order chi connectivity index (χ1) is 6.85. The van der Waals surface area contributed by atoms with Crippen LogP contribution in [0.2, 0.25) is 0 Å². The minimum absolute atomic E-state index is 0.204. The zero-order chi connectivity index (χ0) is 9.97. The van der Waals surface area contributed by atoms with Crippen molar-refractivity contribution in [2.24, 2.45) is 0 Å². The zero-order valence-corrected chi connectivity index (χ0v) is 8.69. The first kappa shape index (κ1) is 9.69. The molecule has 0 aromatic heterocycles. The van der Waals surface area contributed by atoms with Gasteiger partial charge in [-0.25, -0.2) is 0 Å². The smallest absolute Gasteiger partial charge is 0.0876 e. The van der Waals surface area contributed by atoms with Gasteiger partial charge in [0.25, 0.3) is 0 Å². The third-order valence-electron chi connectivity index (χ3n) is 2.98. The van der Waals surface area contributed by atoms with Gasteiger partial charge in [-0.3, -0.25) is 0 Å². The van der Waals surface area contributed by atoms with E-state index < -0.39 is 0 Å². The predicted octanol–water partition coefficient (Wildman–Crippen LogP) is 1.82. The Morgan fingerprint density at radius 3 is 1.71 bits per heavy atom. The van der Waals surface area contributed by atoms with Crippen LogP contribution >= 0.6 is 0 Å². The summed E-state index contributed by atoms with van der Waals surface area (Å²) >= 11 is 0. The molecule has 0 aliphatic heterocycles. The highest BCUT2D eigenvalue weighted by molar-refractivity contribution is 5.31. The lowest BCUT2D eigenvalue weighted by molar-refractivity contribution is -0.0398. The van der Waals surface area contributed by atoms with E-state index in [2.05, 4.69) is 24.3 Å². The predicted molar refractivity (Wildman–Crippen MR) is 55.4 cm³/mol. The Hall–Kier alpha value is -0.860. The lowest BCUT2D eigenvalue weighted by atomic mass is 9.88. The van der Waals surface area contributed by atoms with E-state index in [-0.39, 0.29) is 12.2 Å². The maximum absolute atomic E-state index is 5.43. The van der Waals surface area contributed by atoms with E-state index in [9.17, 15) is 0 Å². The standard InChI is InChI=1S/C12H16O2/c1-13-11-7-9-5-3-4-6-10(9)8-12(11)14-2/h3-6,11-12H,7-8H2,1-2H3. The molecule has 0 bridgehead atoms. The molecule has 0 spiro atoms. The minimum atomic E-state index is 0.204. The summed E-state index contributed by atoms with van der Waals surface area (Å²) in [5, 5.41) is 0. The van der Waals surface area contributed by atoms with Crippen molar-refractivity contribution in [3.05, 3.63) is 35.4 Å². The molecule has 0 heterocycles. The van der Waals surface area contributed by atoms with Crippen LogP contribution in [0.4, 0.5) is 0 Å². The monoisotopic (exact) mass is 192 g/mol. The van der Waals surface area contributed by atoms with Gasteiger partial charge in [0.15, 0.2) is 0 Å². The molecular weight excluding hydrogens is 176 g/mol. The molecule has 0 radical (unpaired) electrons. The first-order valence-electron chi connectivity index (χ1n) is 4.97. The average Bonchev–Trinajstić information content (AvgIpc) is 2.27. The van der Waals surface area contributed by atoms with Crippen LogP contribution in [0.15, 0.2) is 24.3 Å². The van der Waals surface area contributed by atoms with Gasteiger partial charge in [-0.15, -0.1) is 0 Å². The Kier molecular flexibility index (Phi) is 2.85. The Morgan fingerprint density at radius 2 is 1.36 bits per heavy atom. The van der Waals surface area contributed by atoms with Gasteiger partial charge in [-0.05, 0) is 11.1 Å². The third kappa shape index (κ3) is 1.68. The minimum Gasteiger partial charge on any atom is -0.378 e. The number of hydrogen-bond donors (Lipinski definition) is 0. The lowest BCUT2D eigenvalue weighted by Crippen LogP contribution is -2.37. The van der Waals surface area contributed by atoms with E-state index in [1.807, 2.05) is 0 Å². The van der Waals surface area contributed by atoms with Gasteiger partial charge in [0.2, 0.25) is 0 Å². The fraction of sp³-hybridized carbons (Fsp3) is 0.500. The summed E-state index contributed by atoms with van der Waals surface area (Å²) in [6.07, 6.45) is 2.33. The van der Waals surface area contributed by atoms with Gasteiger partial charge in [0.05, 0.1) is 12.2 Å². The number of rotatable bonds is 2. The van der Waals surface area contributed by atoms with Gasteiger partial charge in [0, 0.05) is 27.1 Å². The summed E-state index contributed by atoms with van der Waals surface area (Å²) in [7, 11) is 3.51. The van der Waals surface area contributed by atoms with Crippen LogP contribution in [0.1, 0.15) is 11.1 Å². The van der Waals surface area contributed by atoms with E-state index >= 15 is 0 Å². The molecule has 2 atom stereocenters. The van der Waals surface area contributed by atoms with Crippen LogP contribution < -0.4 is 0 Å². The molecule has 0 saturated heterocycles. The van der Waals surface area contributed by atoms with Gasteiger partial charge in [0.1, 0.15) is 0 Å². The van der Waals surface area contributed by atoms with Gasteiger partial charge in [-0.1, -0.05) is 24.3 Å². The molecule has 0 amide bonds. The Labute approximate surface area is 84.8 Å². The van der Waals surface area contributed by atoms with E-state index in [4.69, 9.17) is 9.47 Å². The van der Waals surface area contributed by atoms with Crippen LogP contribution in [-0.2, 0) is 22.3 Å². The summed E-state index contributed by atoms with van der Waals surface area (Å²) < 4.78 is 10.9. The van der Waals surface area contributed by atoms with Crippen molar-refractivity contribution < 1.29 is 9.47 Å². The lowest BCUT2D eigenvalue weighted by Gasteiger charge is -2.30. The second-order valence-electron chi connectivity index (χ2n) is 3.73. The van der Waals surface area contributed by atoms with E-state index in [1.165, 1.54) is 11.1 Å². The van der Waals surface area contributed by atoms with E-state index in [1.54, 1.807) is 14.2 Å². The molecule has 1 aliphatic carbocycles. The summed E-state index contributed by atoms with van der Waals surface area (Å²) in [5.74, 6) is 0. The Morgan fingerprint density at radius 1 is 0.929 bits per heavy atom. The van der Waals surface area contributed by atoms with Crippen molar-refractivity contribution in [2.45, 2.75) is 25.0 Å². The molecule has 0 N–H and O–H groups in total. The highest BCUT2D eigenvalue weighted by Gasteiger charge is 2.27. The second kappa shape index (κ2) is 4.11. The highest BCUT2D eigenvalue weighted by atomic mass is 16.5. The van der Waals surface area contributed by atoms with Crippen LogP contribution in [0, 0.1) is 0 Å². The molecular formula is C12H16O2. The molecule has 1 aliphatic rings. The van der Waals surface area contributed by atoms with Gasteiger partial charge >= 0.3 is 0 Å². The van der Waals surface area contributed by atoms with Crippen molar-refractivity contribution in [1.29, 1.82) is 0 Å². The van der Waals surface area contributed by atoms with Gasteiger partial charge < -0.3 is 9.47 Å². The maximum Gasteiger partial charge on any atom is 0.0876 e. The molecule has 0 saturated carbocycles. The summed E-state index contributed by atoms with van der Waals surface area (Å²) in [6.45, 7) is 0. The molecule has 1 aromatic carbocycles. The van der Waals surface area contributed by atoms with Crippen LogP contribution in [0.25, 0.3) is 0 Å². The molecule has 1 aromatic rings. The molecule has 2 nitrogen and oxygen atoms in total. The number of hydrogen-bond acceptors (Lipinski definition) is 2. The second-order valence-corrected chi connectivity index (χ2v) is 3.73. The fourth-order valence-corrected chi connectivity index (χ4v) is 2.12. The SMILES string of the molecule is COC1Cc2ccccc2CC1OC. The zero-order valence-electron chi connectivity index (χ0n) is 8.69. The van der Waals surface area contributed by atoms with Crippen LogP contribution in [0.5, 0.6) is 0 Å². The molecule has 2 heteroatoms. The van der Waals surface area contributed by atoms with Crippen LogP contribution in [-0.4, -0.2) is 26.4 Å². The molecule has 2 rings (SSSR count). The number of benzene rings is 1. The molecule has 0 fully saturated rings. The van der Waals surface area contributed by atoms with Crippen molar-refractivity contribution >= 4 is 0 Å². The van der Waals surface area contributed by atoms with Gasteiger partial charge in [-0.2, -0.15) is 0 Å². The van der Waals surface area contributed by atoms with Crippen molar-refractivity contribution in [2.75, 3.05) is 14.2 Å². The first-order valence-corrected chi connectivity index (χ1v) is 4.97. The highest BCUT2D eigenvalue weighted by Crippen LogP contribution is 2.24. The molecule has 2 unspecified atom stereocenters. The Balaban J connectivity index is 2.25. The molecule has 76 valence electrons. The number of methoxy groups -OCH3 is 2. The normalized spacial score (nSPS) is 25.9. The maximum atomic E-state index is 5.43. The van der Waals surface area contributed by atoms with Crippen molar-refractivity contribution in [3.8, 4) is 0 Å². The average molecular weight is 192 g/mol. The quantitative estimate of drug-likeness (QED) is 0.711. The van der Waals surface area contributed by atoms with Crippen molar-refractivity contribution in [3.63, 3.8) is 0 Å². The topological polar surface area (TPSA) is 18.5 Å². The van der Waals surface area contributed by atoms with Crippen LogP contribution in [0.3, 0.4) is 0 Å². The summed E-state index contributed by atoms with van der Waals surface area (Å²) in [5.41, 5.74) is 2.79. The summed E-state index contributed by atoms with van der Waals surface area (Å²) in [6, 6.07) is 8.51. The van der Waals surface area contributed by atoms with E-state index in [0.717, 1.165) is 12.8 Å². The Bertz CT molecular complexity index is 278.